The maximum Gasteiger partial charge on any atom is 0.446 e. The maximum atomic E-state index is 12.2. The highest BCUT2D eigenvalue weighted by atomic mass is 32.2. The van der Waals surface area contributed by atoms with E-state index >= 15 is 0 Å². The second-order valence-corrected chi connectivity index (χ2v) is 5.53. The number of alkyl halides is 3. The fraction of sp³-hybridized carbons (Fsp3) is 0.538. The zero-order valence-corrected chi connectivity index (χ0v) is 11.6. The fourth-order valence-corrected chi connectivity index (χ4v) is 2.38. The molecule has 0 aromatic heterocycles. The van der Waals surface area contributed by atoms with Crippen LogP contribution in [-0.2, 0) is 16.0 Å². The highest BCUT2D eigenvalue weighted by Gasteiger charge is 2.28. The molecule has 1 aromatic rings. The van der Waals surface area contributed by atoms with Gasteiger partial charge in [0.1, 0.15) is 0 Å². The third-order valence-electron chi connectivity index (χ3n) is 2.74. The number of halogens is 3. The molecule has 2 rings (SSSR count). The number of thioether (sulfide) groups is 1. The quantitative estimate of drug-likeness (QED) is 0.848. The molecule has 1 heterocycles. The SMILES string of the molecule is FC(F)(F)Sc1ccc(CNCC2COCCO2)cc1. The summed E-state index contributed by atoms with van der Waals surface area (Å²) in [4.78, 5) is 0.199. The number of hydrogen-bond donors (Lipinski definition) is 1. The van der Waals surface area contributed by atoms with Crippen molar-refractivity contribution in [2.75, 3.05) is 26.4 Å². The summed E-state index contributed by atoms with van der Waals surface area (Å²) in [6.07, 6.45) is 0.0452. The lowest BCUT2D eigenvalue weighted by molar-refractivity contribution is -0.0864. The van der Waals surface area contributed by atoms with E-state index < -0.39 is 5.51 Å². The van der Waals surface area contributed by atoms with Gasteiger partial charge in [0, 0.05) is 18.0 Å². The Bertz CT molecular complexity index is 405. The van der Waals surface area contributed by atoms with Crippen LogP contribution in [0.4, 0.5) is 13.2 Å². The van der Waals surface area contributed by atoms with Gasteiger partial charge in [-0.2, -0.15) is 13.2 Å². The highest BCUT2D eigenvalue weighted by molar-refractivity contribution is 8.00. The predicted molar refractivity (Wildman–Crippen MR) is 70.6 cm³/mol. The van der Waals surface area contributed by atoms with Crippen LogP contribution < -0.4 is 5.32 Å². The summed E-state index contributed by atoms with van der Waals surface area (Å²) < 4.78 is 47.3. The van der Waals surface area contributed by atoms with E-state index in [1.807, 2.05) is 0 Å². The molecule has 1 aliphatic heterocycles. The number of benzene rings is 1. The second-order valence-electron chi connectivity index (χ2n) is 4.39. The second kappa shape index (κ2) is 7.31. The lowest BCUT2D eigenvalue weighted by atomic mass is 10.2. The molecular formula is C13H16F3NO2S. The van der Waals surface area contributed by atoms with Crippen LogP contribution in [0.25, 0.3) is 0 Å². The van der Waals surface area contributed by atoms with Crippen LogP contribution in [0.5, 0.6) is 0 Å². The summed E-state index contributed by atoms with van der Waals surface area (Å²) in [5.41, 5.74) is -3.30. The van der Waals surface area contributed by atoms with Crippen LogP contribution in [0.3, 0.4) is 0 Å². The van der Waals surface area contributed by atoms with Crippen molar-refractivity contribution in [1.82, 2.24) is 5.32 Å². The van der Waals surface area contributed by atoms with Gasteiger partial charge in [-0.25, -0.2) is 0 Å². The summed E-state index contributed by atoms with van der Waals surface area (Å²) in [7, 11) is 0. The fourth-order valence-electron chi connectivity index (χ4n) is 1.84. The van der Waals surface area contributed by atoms with Crippen LogP contribution in [0.2, 0.25) is 0 Å². The molecule has 1 fully saturated rings. The Morgan fingerprint density at radius 1 is 1.20 bits per heavy atom. The molecule has 0 spiro atoms. The number of rotatable bonds is 5. The Kier molecular flexibility index (Phi) is 5.71. The molecule has 112 valence electrons. The third kappa shape index (κ3) is 5.70. The minimum Gasteiger partial charge on any atom is -0.376 e. The average molecular weight is 307 g/mol. The van der Waals surface area contributed by atoms with Gasteiger partial charge < -0.3 is 14.8 Å². The monoisotopic (exact) mass is 307 g/mol. The lowest BCUT2D eigenvalue weighted by Gasteiger charge is -2.23. The Morgan fingerprint density at radius 2 is 1.95 bits per heavy atom. The molecule has 1 unspecified atom stereocenters. The van der Waals surface area contributed by atoms with E-state index in [-0.39, 0.29) is 22.8 Å². The molecule has 1 saturated heterocycles. The van der Waals surface area contributed by atoms with Gasteiger partial charge in [-0.3, -0.25) is 0 Å². The third-order valence-corrected chi connectivity index (χ3v) is 3.48. The topological polar surface area (TPSA) is 30.5 Å². The molecule has 1 aromatic carbocycles. The number of nitrogens with one attached hydrogen (secondary N) is 1. The van der Waals surface area contributed by atoms with E-state index in [0.717, 1.165) is 5.56 Å². The Balaban J connectivity index is 1.73. The van der Waals surface area contributed by atoms with E-state index in [1.54, 1.807) is 12.1 Å². The maximum absolute atomic E-state index is 12.2. The number of ether oxygens (including phenoxy) is 2. The van der Waals surface area contributed by atoms with Crippen LogP contribution >= 0.6 is 11.8 Å². The standard InChI is InChI=1S/C13H16F3NO2S/c14-13(15,16)20-12-3-1-10(2-4-12)7-17-8-11-9-18-5-6-19-11/h1-4,11,17H,5-9H2. The molecule has 1 aliphatic rings. The summed E-state index contributed by atoms with van der Waals surface area (Å²) in [6.45, 7) is 3.08. The first-order valence-corrected chi connectivity index (χ1v) is 7.09. The number of hydrogen-bond acceptors (Lipinski definition) is 4. The van der Waals surface area contributed by atoms with Crippen molar-refractivity contribution in [3.05, 3.63) is 29.8 Å². The van der Waals surface area contributed by atoms with Crippen LogP contribution in [0, 0.1) is 0 Å². The van der Waals surface area contributed by atoms with Crippen LogP contribution in [0.15, 0.2) is 29.2 Å². The Morgan fingerprint density at radius 3 is 2.55 bits per heavy atom. The van der Waals surface area contributed by atoms with Gasteiger partial charge in [-0.15, -0.1) is 0 Å². The molecule has 7 heteroatoms. The van der Waals surface area contributed by atoms with Crippen molar-refractivity contribution in [3.63, 3.8) is 0 Å². The molecule has 0 radical (unpaired) electrons. The first-order valence-electron chi connectivity index (χ1n) is 6.28. The molecule has 3 nitrogen and oxygen atoms in total. The van der Waals surface area contributed by atoms with Gasteiger partial charge in [0.15, 0.2) is 0 Å². The zero-order valence-electron chi connectivity index (χ0n) is 10.8. The van der Waals surface area contributed by atoms with E-state index in [2.05, 4.69) is 5.32 Å². The Hall–Kier alpha value is -0.760. The van der Waals surface area contributed by atoms with Crippen molar-refractivity contribution in [2.45, 2.75) is 23.1 Å². The van der Waals surface area contributed by atoms with Gasteiger partial charge in [-0.05, 0) is 29.5 Å². The molecule has 0 saturated carbocycles. The molecule has 0 aliphatic carbocycles. The minimum absolute atomic E-state index is 0.0452. The van der Waals surface area contributed by atoms with Crippen molar-refractivity contribution in [3.8, 4) is 0 Å². The first kappa shape index (κ1) is 15.6. The van der Waals surface area contributed by atoms with E-state index in [4.69, 9.17) is 9.47 Å². The lowest BCUT2D eigenvalue weighted by Crippen LogP contribution is -2.37. The van der Waals surface area contributed by atoms with Crippen LogP contribution in [-0.4, -0.2) is 38.0 Å². The smallest absolute Gasteiger partial charge is 0.376 e. The van der Waals surface area contributed by atoms with Gasteiger partial charge in [0.2, 0.25) is 0 Å². The minimum atomic E-state index is -4.24. The van der Waals surface area contributed by atoms with Crippen molar-refractivity contribution in [2.24, 2.45) is 0 Å². The van der Waals surface area contributed by atoms with Gasteiger partial charge in [-0.1, -0.05) is 12.1 Å². The average Bonchev–Trinajstić information content (AvgIpc) is 2.40. The summed E-state index contributed by atoms with van der Waals surface area (Å²) in [5.74, 6) is 0. The molecule has 0 amide bonds. The van der Waals surface area contributed by atoms with Crippen molar-refractivity contribution in [1.29, 1.82) is 0 Å². The van der Waals surface area contributed by atoms with Gasteiger partial charge in [0.25, 0.3) is 0 Å². The van der Waals surface area contributed by atoms with E-state index in [1.165, 1.54) is 12.1 Å². The van der Waals surface area contributed by atoms with Gasteiger partial charge >= 0.3 is 5.51 Å². The van der Waals surface area contributed by atoms with Crippen LogP contribution in [0.1, 0.15) is 5.56 Å². The molecule has 1 atom stereocenters. The predicted octanol–water partition coefficient (Wildman–Crippen LogP) is 2.80. The molecule has 1 N–H and O–H groups in total. The molecular weight excluding hydrogens is 291 g/mol. The van der Waals surface area contributed by atoms with E-state index in [0.29, 0.717) is 32.9 Å². The van der Waals surface area contributed by atoms with E-state index in [9.17, 15) is 13.2 Å². The van der Waals surface area contributed by atoms with Gasteiger partial charge in [0.05, 0.1) is 25.9 Å². The Labute approximate surface area is 119 Å². The normalized spacial score (nSPS) is 20.1. The largest absolute Gasteiger partial charge is 0.446 e. The van der Waals surface area contributed by atoms with Crippen molar-refractivity contribution >= 4 is 11.8 Å². The molecule has 20 heavy (non-hydrogen) atoms. The summed E-state index contributed by atoms with van der Waals surface area (Å²) in [5, 5.41) is 3.21. The zero-order chi connectivity index (χ0) is 14.4. The summed E-state index contributed by atoms with van der Waals surface area (Å²) >= 11 is -0.101. The van der Waals surface area contributed by atoms with Crippen molar-refractivity contribution < 1.29 is 22.6 Å². The first-order chi connectivity index (χ1) is 9.53. The highest BCUT2D eigenvalue weighted by Crippen LogP contribution is 2.36. The summed E-state index contributed by atoms with van der Waals surface area (Å²) in [6, 6.07) is 6.35. The molecule has 0 bridgehead atoms.